The Morgan fingerprint density at radius 1 is 1.20 bits per heavy atom. The van der Waals surface area contributed by atoms with Crippen molar-refractivity contribution in [1.29, 1.82) is 0 Å². The van der Waals surface area contributed by atoms with Crippen LogP contribution < -0.4 is 10.6 Å². The van der Waals surface area contributed by atoms with E-state index in [-0.39, 0.29) is 11.9 Å². The van der Waals surface area contributed by atoms with Crippen LogP contribution in [0.4, 0.5) is 5.69 Å². The fourth-order valence-electron chi connectivity index (χ4n) is 2.54. The first kappa shape index (κ1) is 12.7. The molecule has 0 fully saturated rings. The maximum atomic E-state index is 12.3. The Morgan fingerprint density at radius 2 is 2.00 bits per heavy atom. The van der Waals surface area contributed by atoms with Crippen LogP contribution in [0.1, 0.15) is 34.5 Å². The van der Waals surface area contributed by atoms with Crippen molar-refractivity contribution < 1.29 is 4.79 Å². The van der Waals surface area contributed by atoms with Crippen molar-refractivity contribution in [3.05, 3.63) is 65.2 Å². The summed E-state index contributed by atoms with van der Waals surface area (Å²) in [7, 11) is 0. The minimum absolute atomic E-state index is 0.00455. The Labute approximate surface area is 119 Å². The van der Waals surface area contributed by atoms with E-state index in [0.29, 0.717) is 5.56 Å². The van der Waals surface area contributed by atoms with Gasteiger partial charge in [-0.25, -0.2) is 0 Å². The van der Waals surface area contributed by atoms with Crippen molar-refractivity contribution in [3.8, 4) is 0 Å². The standard InChI is InChI=1S/C17H18N2O/c1-12(13-5-3-2-4-6-13)19-17(20)15-8-7-14-9-10-18-16(14)11-15/h2-8,11-12,18H,9-10H2,1H3,(H,19,20). The lowest BCUT2D eigenvalue weighted by atomic mass is 10.1. The molecule has 3 heteroatoms. The fourth-order valence-corrected chi connectivity index (χ4v) is 2.54. The van der Waals surface area contributed by atoms with E-state index < -0.39 is 0 Å². The van der Waals surface area contributed by atoms with Crippen molar-refractivity contribution in [2.24, 2.45) is 0 Å². The Bertz CT molecular complexity index is 622. The molecule has 1 unspecified atom stereocenters. The van der Waals surface area contributed by atoms with Crippen LogP contribution in [-0.4, -0.2) is 12.5 Å². The summed E-state index contributed by atoms with van der Waals surface area (Å²) < 4.78 is 0. The highest BCUT2D eigenvalue weighted by atomic mass is 16.1. The van der Waals surface area contributed by atoms with Gasteiger partial charge in [0.05, 0.1) is 6.04 Å². The number of nitrogens with one attached hydrogen (secondary N) is 2. The van der Waals surface area contributed by atoms with Gasteiger partial charge in [-0.1, -0.05) is 36.4 Å². The summed E-state index contributed by atoms with van der Waals surface area (Å²) in [6, 6.07) is 15.9. The van der Waals surface area contributed by atoms with Gasteiger partial charge in [-0.15, -0.1) is 0 Å². The third-order valence-corrected chi connectivity index (χ3v) is 3.73. The van der Waals surface area contributed by atoms with Gasteiger partial charge in [0.2, 0.25) is 0 Å². The van der Waals surface area contributed by atoms with Crippen LogP contribution in [0.3, 0.4) is 0 Å². The molecule has 20 heavy (non-hydrogen) atoms. The Hall–Kier alpha value is -2.29. The Morgan fingerprint density at radius 3 is 2.80 bits per heavy atom. The van der Waals surface area contributed by atoms with E-state index >= 15 is 0 Å². The van der Waals surface area contributed by atoms with Crippen LogP contribution in [0.5, 0.6) is 0 Å². The Balaban J connectivity index is 1.73. The van der Waals surface area contributed by atoms with Crippen molar-refractivity contribution in [2.45, 2.75) is 19.4 Å². The van der Waals surface area contributed by atoms with E-state index in [9.17, 15) is 4.79 Å². The van der Waals surface area contributed by atoms with Gasteiger partial charge in [0, 0.05) is 17.8 Å². The maximum Gasteiger partial charge on any atom is 0.251 e. The first-order valence-electron chi connectivity index (χ1n) is 6.96. The van der Waals surface area contributed by atoms with Gasteiger partial charge in [-0.3, -0.25) is 4.79 Å². The highest BCUT2D eigenvalue weighted by Gasteiger charge is 2.15. The Kier molecular flexibility index (Phi) is 3.42. The average molecular weight is 266 g/mol. The lowest BCUT2D eigenvalue weighted by molar-refractivity contribution is 0.0940. The number of rotatable bonds is 3. The van der Waals surface area contributed by atoms with Crippen molar-refractivity contribution in [2.75, 3.05) is 11.9 Å². The molecule has 0 aliphatic carbocycles. The molecule has 0 saturated carbocycles. The van der Waals surface area contributed by atoms with Gasteiger partial charge >= 0.3 is 0 Å². The minimum atomic E-state index is -0.0298. The molecular weight excluding hydrogens is 248 g/mol. The molecule has 1 amide bonds. The van der Waals surface area contributed by atoms with E-state index in [1.807, 2.05) is 55.5 Å². The molecule has 1 atom stereocenters. The summed E-state index contributed by atoms with van der Waals surface area (Å²) in [5.74, 6) is -0.0298. The highest BCUT2D eigenvalue weighted by Crippen LogP contribution is 2.23. The van der Waals surface area contributed by atoms with Gasteiger partial charge < -0.3 is 10.6 Å². The van der Waals surface area contributed by atoms with E-state index in [1.165, 1.54) is 5.56 Å². The summed E-state index contributed by atoms with van der Waals surface area (Å²) in [5, 5.41) is 6.34. The minimum Gasteiger partial charge on any atom is -0.384 e. The van der Waals surface area contributed by atoms with Gasteiger partial charge in [-0.05, 0) is 36.6 Å². The van der Waals surface area contributed by atoms with Crippen LogP contribution in [0.15, 0.2) is 48.5 Å². The zero-order valence-electron chi connectivity index (χ0n) is 11.5. The number of fused-ring (bicyclic) bond motifs is 1. The molecular formula is C17H18N2O. The average Bonchev–Trinajstić information content (AvgIpc) is 2.95. The zero-order chi connectivity index (χ0) is 13.9. The smallest absolute Gasteiger partial charge is 0.251 e. The second kappa shape index (κ2) is 5.37. The molecule has 1 aliphatic rings. The molecule has 1 heterocycles. The summed E-state index contributed by atoms with van der Waals surface area (Å²) in [6.07, 6.45) is 1.04. The van der Waals surface area contributed by atoms with Gasteiger partial charge in [-0.2, -0.15) is 0 Å². The SMILES string of the molecule is CC(NC(=O)c1ccc2c(c1)NCC2)c1ccccc1. The van der Waals surface area contributed by atoms with Crippen LogP contribution in [0, 0.1) is 0 Å². The summed E-state index contributed by atoms with van der Waals surface area (Å²) in [6.45, 7) is 2.96. The molecule has 0 aromatic heterocycles. The second-order valence-electron chi connectivity index (χ2n) is 5.15. The lowest BCUT2D eigenvalue weighted by Gasteiger charge is -2.14. The van der Waals surface area contributed by atoms with Crippen LogP contribution in [0.2, 0.25) is 0 Å². The van der Waals surface area contributed by atoms with E-state index in [1.54, 1.807) is 0 Å². The summed E-state index contributed by atoms with van der Waals surface area (Å²) in [5.41, 5.74) is 4.20. The van der Waals surface area contributed by atoms with Crippen LogP contribution >= 0.6 is 0 Å². The van der Waals surface area contributed by atoms with E-state index in [4.69, 9.17) is 0 Å². The topological polar surface area (TPSA) is 41.1 Å². The summed E-state index contributed by atoms with van der Waals surface area (Å²) in [4.78, 5) is 12.3. The molecule has 102 valence electrons. The zero-order valence-corrected chi connectivity index (χ0v) is 11.5. The first-order chi connectivity index (χ1) is 9.74. The predicted molar refractivity (Wildman–Crippen MR) is 81.0 cm³/mol. The number of hydrogen-bond donors (Lipinski definition) is 2. The van der Waals surface area contributed by atoms with Crippen molar-refractivity contribution in [3.63, 3.8) is 0 Å². The first-order valence-corrected chi connectivity index (χ1v) is 6.96. The van der Waals surface area contributed by atoms with Gasteiger partial charge in [0.1, 0.15) is 0 Å². The number of benzene rings is 2. The molecule has 0 bridgehead atoms. The van der Waals surface area contributed by atoms with Gasteiger partial charge in [0.15, 0.2) is 0 Å². The molecule has 0 saturated heterocycles. The lowest BCUT2D eigenvalue weighted by Crippen LogP contribution is -2.26. The molecule has 2 N–H and O–H groups in total. The molecule has 2 aromatic rings. The maximum absolute atomic E-state index is 12.3. The second-order valence-corrected chi connectivity index (χ2v) is 5.15. The number of anilines is 1. The van der Waals surface area contributed by atoms with Crippen molar-refractivity contribution >= 4 is 11.6 Å². The quantitative estimate of drug-likeness (QED) is 0.896. The number of carbonyl (C=O) groups excluding carboxylic acids is 1. The highest BCUT2D eigenvalue weighted by molar-refractivity contribution is 5.95. The molecule has 0 radical (unpaired) electrons. The van der Waals surface area contributed by atoms with Crippen LogP contribution in [0.25, 0.3) is 0 Å². The third-order valence-electron chi connectivity index (χ3n) is 3.73. The van der Waals surface area contributed by atoms with Gasteiger partial charge in [0.25, 0.3) is 5.91 Å². The largest absolute Gasteiger partial charge is 0.384 e. The predicted octanol–water partition coefficient (Wildman–Crippen LogP) is 3.15. The number of hydrogen-bond acceptors (Lipinski definition) is 2. The van der Waals surface area contributed by atoms with Crippen molar-refractivity contribution in [1.82, 2.24) is 5.32 Å². The summed E-state index contributed by atoms with van der Waals surface area (Å²) >= 11 is 0. The molecule has 1 aliphatic heterocycles. The monoisotopic (exact) mass is 266 g/mol. The van der Waals surface area contributed by atoms with E-state index in [2.05, 4.69) is 10.6 Å². The van der Waals surface area contributed by atoms with Crippen LogP contribution in [-0.2, 0) is 6.42 Å². The fraction of sp³-hybridized carbons (Fsp3) is 0.235. The van der Waals surface area contributed by atoms with E-state index in [0.717, 1.165) is 24.2 Å². The molecule has 3 rings (SSSR count). The molecule has 3 nitrogen and oxygen atoms in total. The molecule has 0 spiro atoms. The molecule has 2 aromatic carbocycles. The number of amides is 1. The normalized spacial score (nSPS) is 14.2. The third kappa shape index (κ3) is 2.52. The number of carbonyl (C=O) groups is 1.